The number of ether oxygens (including phenoxy) is 1. The van der Waals surface area contributed by atoms with Gasteiger partial charge in [0.1, 0.15) is 17.0 Å². The summed E-state index contributed by atoms with van der Waals surface area (Å²) in [7, 11) is 0. The van der Waals surface area contributed by atoms with E-state index >= 15 is 0 Å². The van der Waals surface area contributed by atoms with Crippen molar-refractivity contribution in [3.05, 3.63) is 54.4 Å². The average Bonchev–Trinajstić information content (AvgIpc) is 3.57. The van der Waals surface area contributed by atoms with E-state index in [1.807, 2.05) is 38.1 Å². The van der Waals surface area contributed by atoms with Crippen LogP contribution in [0.1, 0.15) is 24.2 Å². The van der Waals surface area contributed by atoms with E-state index in [0.29, 0.717) is 60.4 Å². The lowest BCUT2D eigenvalue weighted by molar-refractivity contribution is -0.118. The summed E-state index contributed by atoms with van der Waals surface area (Å²) in [5.41, 5.74) is 4.81. The van der Waals surface area contributed by atoms with E-state index in [4.69, 9.17) is 9.72 Å². The zero-order valence-corrected chi connectivity index (χ0v) is 21.0. The number of hydrogen-bond acceptors (Lipinski definition) is 7. The fraction of sp³-hybridized carbons (Fsp3) is 0.259. The van der Waals surface area contributed by atoms with Gasteiger partial charge in [-0.1, -0.05) is 19.9 Å². The van der Waals surface area contributed by atoms with Crippen LogP contribution in [0.15, 0.2) is 48.8 Å². The van der Waals surface area contributed by atoms with Gasteiger partial charge in [-0.25, -0.2) is 15.0 Å². The Morgan fingerprint density at radius 2 is 1.87 bits per heavy atom. The Morgan fingerprint density at radius 3 is 2.63 bits per heavy atom. The average molecular weight is 511 g/mol. The molecule has 192 valence electrons. The SMILES string of the molecule is CC(C)C(=O)Nc1ccc(-c2cnc3n[nH]c(-c4nc5c(C(=O)N6CCOCC6)cccc5[nH]4)c3c2)cn1. The molecule has 1 aliphatic heterocycles. The van der Waals surface area contributed by atoms with Gasteiger partial charge in [0.2, 0.25) is 5.91 Å². The Labute approximate surface area is 217 Å². The fourth-order valence-electron chi connectivity index (χ4n) is 4.41. The van der Waals surface area contributed by atoms with E-state index in [2.05, 4.69) is 30.5 Å². The molecule has 1 fully saturated rings. The number of para-hydroxylation sites is 1. The molecule has 11 heteroatoms. The van der Waals surface area contributed by atoms with Crippen molar-refractivity contribution in [2.24, 2.45) is 5.92 Å². The second-order valence-electron chi connectivity index (χ2n) is 9.46. The summed E-state index contributed by atoms with van der Waals surface area (Å²) in [6.07, 6.45) is 3.43. The molecule has 6 rings (SSSR count). The Kier molecular flexibility index (Phi) is 6.04. The van der Waals surface area contributed by atoms with E-state index in [-0.39, 0.29) is 17.7 Å². The molecule has 0 unspecified atom stereocenters. The number of aromatic nitrogens is 6. The molecule has 0 aliphatic carbocycles. The highest BCUT2D eigenvalue weighted by atomic mass is 16.5. The van der Waals surface area contributed by atoms with Gasteiger partial charge >= 0.3 is 0 Å². The second-order valence-corrected chi connectivity index (χ2v) is 9.46. The molecule has 5 aromatic rings. The van der Waals surface area contributed by atoms with Crippen molar-refractivity contribution in [3.8, 4) is 22.6 Å². The number of hydrogen-bond donors (Lipinski definition) is 3. The van der Waals surface area contributed by atoms with Crippen molar-refractivity contribution in [1.82, 2.24) is 35.0 Å². The highest BCUT2D eigenvalue weighted by Crippen LogP contribution is 2.30. The van der Waals surface area contributed by atoms with Gasteiger partial charge in [-0.05, 0) is 30.3 Å². The second kappa shape index (κ2) is 9.67. The first kappa shape index (κ1) is 23.7. The molecule has 1 saturated heterocycles. The van der Waals surface area contributed by atoms with E-state index in [0.717, 1.165) is 22.0 Å². The predicted octanol–water partition coefficient (Wildman–Crippen LogP) is 3.63. The van der Waals surface area contributed by atoms with Gasteiger partial charge in [0, 0.05) is 42.5 Å². The maximum Gasteiger partial charge on any atom is 0.256 e. The fourth-order valence-corrected chi connectivity index (χ4v) is 4.41. The largest absolute Gasteiger partial charge is 0.378 e. The number of morpholine rings is 1. The molecule has 38 heavy (non-hydrogen) atoms. The number of anilines is 1. The normalized spacial score (nSPS) is 13.9. The van der Waals surface area contributed by atoms with Crippen LogP contribution in [0.4, 0.5) is 5.82 Å². The molecule has 11 nitrogen and oxygen atoms in total. The molecule has 1 aliphatic rings. The van der Waals surface area contributed by atoms with Crippen LogP contribution in [0.2, 0.25) is 0 Å². The van der Waals surface area contributed by atoms with E-state index in [1.165, 1.54) is 0 Å². The van der Waals surface area contributed by atoms with Crippen molar-refractivity contribution >= 4 is 39.7 Å². The van der Waals surface area contributed by atoms with Gasteiger partial charge in [0.05, 0.1) is 29.7 Å². The minimum absolute atomic E-state index is 0.0593. The molecular formula is C27H26N8O3. The Morgan fingerprint density at radius 1 is 1.05 bits per heavy atom. The summed E-state index contributed by atoms with van der Waals surface area (Å²) >= 11 is 0. The van der Waals surface area contributed by atoms with E-state index in [9.17, 15) is 9.59 Å². The molecule has 4 aromatic heterocycles. The molecule has 3 N–H and O–H groups in total. The summed E-state index contributed by atoms with van der Waals surface area (Å²) < 4.78 is 5.38. The first-order chi connectivity index (χ1) is 18.5. The maximum absolute atomic E-state index is 13.2. The number of rotatable bonds is 5. The van der Waals surface area contributed by atoms with Gasteiger partial charge in [-0.3, -0.25) is 14.7 Å². The van der Waals surface area contributed by atoms with Crippen LogP contribution < -0.4 is 5.32 Å². The summed E-state index contributed by atoms with van der Waals surface area (Å²) in [5, 5.41) is 11.0. The highest BCUT2D eigenvalue weighted by Gasteiger charge is 2.23. The van der Waals surface area contributed by atoms with Gasteiger partial charge in [0.25, 0.3) is 5.91 Å². The number of nitrogens with one attached hydrogen (secondary N) is 3. The van der Waals surface area contributed by atoms with Crippen molar-refractivity contribution in [3.63, 3.8) is 0 Å². The van der Waals surface area contributed by atoms with Crippen LogP contribution in [0.25, 0.3) is 44.7 Å². The number of benzene rings is 1. The number of carbonyl (C=O) groups is 2. The molecule has 1 aromatic carbocycles. The summed E-state index contributed by atoms with van der Waals surface area (Å²) in [6, 6.07) is 11.2. The van der Waals surface area contributed by atoms with Gasteiger partial charge in [-0.15, -0.1) is 0 Å². The summed E-state index contributed by atoms with van der Waals surface area (Å²) in [4.78, 5) is 43.9. The van der Waals surface area contributed by atoms with Crippen molar-refractivity contribution in [1.29, 1.82) is 0 Å². The lowest BCUT2D eigenvalue weighted by Crippen LogP contribution is -2.40. The third-order valence-corrected chi connectivity index (χ3v) is 6.56. The molecule has 0 spiro atoms. The third kappa shape index (κ3) is 4.37. The zero-order chi connectivity index (χ0) is 26.2. The molecule has 0 bridgehead atoms. The zero-order valence-electron chi connectivity index (χ0n) is 21.0. The Balaban J connectivity index is 1.33. The smallest absolute Gasteiger partial charge is 0.256 e. The standard InChI is InChI=1S/C27H26N8O3/c1-15(2)26(36)31-21-7-6-16(13-28-21)17-12-19-23(33-34-24(19)29-14-17)25-30-20-5-3-4-18(22(20)32-25)27(37)35-8-10-38-11-9-35/h3-7,12-15H,8-11H2,1-2H3,(H,30,32)(H,28,31,36)(H,29,33,34). The number of pyridine rings is 2. The highest BCUT2D eigenvalue weighted by molar-refractivity contribution is 6.06. The van der Waals surface area contributed by atoms with Crippen LogP contribution in [-0.2, 0) is 9.53 Å². The number of fused-ring (bicyclic) bond motifs is 2. The number of carbonyl (C=O) groups excluding carboxylic acids is 2. The number of H-pyrrole nitrogens is 2. The quantitative estimate of drug-likeness (QED) is 0.328. The van der Waals surface area contributed by atoms with Crippen LogP contribution in [0.3, 0.4) is 0 Å². The molecule has 0 atom stereocenters. The van der Waals surface area contributed by atoms with Gasteiger partial charge < -0.3 is 19.9 Å². The van der Waals surface area contributed by atoms with Crippen LogP contribution in [0.5, 0.6) is 0 Å². The minimum Gasteiger partial charge on any atom is -0.378 e. The first-order valence-electron chi connectivity index (χ1n) is 12.5. The van der Waals surface area contributed by atoms with Crippen molar-refractivity contribution in [2.45, 2.75) is 13.8 Å². The lowest BCUT2D eigenvalue weighted by atomic mass is 10.1. The minimum atomic E-state index is -0.130. The molecule has 5 heterocycles. The van der Waals surface area contributed by atoms with E-state index < -0.39 is 0 Å². The monoisotopic (exact) mass is 510 g/mol. The summed E-state index contributed by atoms with van der Waals surface area (Å²) in [6.45, 7) is 5.86. The Hall–Kier alpha value is -4.64. The third-order valence-electron chi connectivity index (χ3n) is 6.56. The molecule has 0 radical (unpaired) electrons. The lowest BCUT2D eigenvalue weighted by Gasteiger charge is -2.26. The first-order valence-corrected chi connectivity index (χ1v) is 12.5. The molecule has 0 saturated carbocycles. The van der Waals surface area contributed by atoms with Gasteiger partial charge in [-0.2, -0.15) is 5.10 Å². The molecule has 2 amide bonds. The predicted molar refractivity (Wildman–Crippen MR) is 142 cm³/mol. The van der Waals surface area contributed by atoms with Crippen molar-refractivity contribution < 1.29 is 14.3 Å². The number of imidazole rings is 1. The number of nitrogens with zero attached hydrogens (tertiary/aromatic N) is 5. The van der Waals surface area contributed by atoms with Crippen molar-refractivity contribution in [2.75, 3.05) is 31.6 Å². The summed E-state index contributed by atoms with van der Waals surface area (Å²) in [5.74, 6) is 0.783. The van der Waals surface area contributed by atoms with Crippen LogP contribution in [-0.4, -0.2) is 73.2 Å². The topological polar surface area (TPSA) is 142 Å². The maximum atomic E-state index is 13.2. The number of amides is 2. The van der Waals surface area contributed by atoms with Crippen LogP contribution >= 0.6 is 0 Å². The van der Waals surface area contributed by atoms with Crippen LogP contribution in [0, 0.1) is 5.92 Å². The Bertz CT molecular complexity index is 1650. The van der Waals surface area contributed by atoms with E-state index in [1.54, 1.807) is 29.4 Å². The molecular weight excluding hydrogens is 484 g/mol. The number of aromatic amines is 2. The van der Waals surface area contributed by atoms with Gasteiger partial charge in [0.15, 0.2) is 11.5 Å².